The lowest BCUT2D eigenvalue weighted by Crippen LogP contribution is -2.59. The number of aliphatic carboxylic acids is 1. The molecule has 2 heterocycles. The second kappa shape index (κ2) is 12.7. The van der Waals surface area contributed by atoms with Crippen LogP contribution in [0.15, 0.2) is 25.0 Å². The Bertz CT molecular complexity index is 952. The van der Waals surface area contributed by atoms with Gasteiger partial charge in [0.25, 0.3) is 0 Å². The molecule has 3 amide bonds. The zero-order valence-electron chi connectivity index (χ0n) is 18.3. The molecule has 5 atom stereocenters. The van der Waals surface area contributed by atoms with E-state index in [1.807, 2.05) is 0 Å². The number of carbonyl (C=O) groups excluding carboxylic acids is 3. The van der Waals surface area contributed by atoms with Gasteiger partial charge >= 0.3 is 5.97 Å². The number of thiol groups is 1. The van der Waals surface area contributed by atoms with Gasteiger partial charge in [-0.3, -0.25) is 14.4 Å². The molecule has 0 fully saturated rings. The number of carboxylic acid groups (broad SMARTS) is 1. The number of amides is 3. The lowest BCUT2D eigenvalue weighted by Gasteiger charge is -2.25. The molecule has 2 rings (SSSR count). The zero-order valence-corrected chi connectivity index (χ0v) is 19.2. The van der Waals surface area contributed by atoms with Crippen LogP contribution in [0.4, 0.5) is 0 Å². The molecular weight excluding hydrogens is 468 g/mol. The van der Waals surface area contributed by atoms with Gasteiger partial charge in [0.05, 0.1) is 24.8 Å². The molecule has 14 nitrogen and oxygen atoms in total. The van der Waals surface area contributed by atoms with Crippen molar-refractivity contribution in [2.24, 2.45) is 5.73 Å². The predicted molar refractivity (Wildman–Crippen MR) is 122 cm³/mol. The number of imidazole rings is 2. The van der Waals surface area contributed by atoms with Crippen LogP contribution in [0.2, 0.25) is 0 Å². The summed E-state index contributed by atoms with van der Waals surface area (Å²) >= 11 is 4.05. The predicted octanol–water partition coefficient (Wildman–Crippen LogP) is -2.91. The average Bonchev–Trinajstić information content (AvgIpc) is 3.48. The Labute approximate surface area is 199 Å². The summed E-state index contributed by atoms with van der Waals surface area (Å²) in [5, 5.41) is 25.9. The molecule has 0 aliphatic rings. The van der Waals surface area contributed by atoms with Crippen LogP contribution in [0, 0.1) is 0 Å². The Hall–Kier alpha value is -3.43. The number of nitrogens with zero attached hydrogens (tertiary/aromatic N) is 2. The molecule has 0 saturated carbocycles. The van der Waals surface area contributed by atoms with Crippen LogP contribution in [0.5, 0.6) is 0 Å². The SMILES string of the molecule is CC(O)C(NC(=O)C(CS)NC(=O)C(Cc1cnc[nH]1)NC(=O)C(N)Cc1cnc[nH]1)C(=O)O. The number of hydrogen-bond acceptors (Lipinski definition) is 9. The third-order valence-electron chi connectivity index (χ3n) is 4.81. The Kier molecular flexibility index (Phi) is 10.0. The number of rotatable bonds is 13. The van der Waals surface area contributed by atoms with E-state index in [9.17, 15) is 24.3 Å². The third-order valence-corrected chi connectivity index (χ3v) is 5.17. The second-order valence-corrected chi connectivity index (χ2v) is 7.90. The van der Waals surface area contributed by atoms with E-state index >= 15 is 0 Å². The number of aromatic nitrogens is 4. The maximum Gasteiger partial charge on any atom is 0.328 e. The molecule has 0 bridgehead atoms. The van der Waals surface area contributed by atoms with Crippen LogP contribution in [-0.4, -0.2) is 89.9 Å². The molecule has 9 N–H and O–H groups in total. The van der Waals surface area contributed by atoms with E-state index in [4.69, 9.17) is 10.8 Å². The van der Waals surface area contributed by atoms with Crippen LogP contribution < -0.4 is 21.7 Å². The first kappa shape index (κ1) is 26.8. The molecule has 0 aromatic carbocycles. The summed E-state index contributed by atoms with van der Waals surface area (Å²) in [6.45, 7) is 1.20. The molecule has 2 aromatic heterocycles. The van der Waals surface area contributed by atoms with E-state index in [0.717, 1.165) is 0 Å². The Balaban J connectivity index is 2.09. The van der Waals surface area contributed by atoms with Crippen LogP contribution >= 0.6 is 12.6 Å². The summed E-state index contributed by atoms with van der Waals surface area (Å²) < 4.78 is 0. The van der Waals surface area contributed by atoms with E-state index in [0.29, 0.717) is 11.4 Å². The molecule has 0 spiro atoms. The second-order valence-electron chi connectivity index (χ2n) is 7.54. The van der Waals surface area contributed by atoms with Crippen molar-refractivity contribution >= 4 is 36.3 Å². The number of aromatic amines is 2. The maximum atomic E-state index is 13.0. The smallest absolute Gasteiger partial charge is 0.328 e. The van der Waals surface area contributed by atoms with Crippen LogP contribution in [0.25, 0.3) is 0 Å². The summed E-state index contributed by atoms with van der Waals surface area (Å²) in [5.41, 5.74) is 7.12. The summed E-state index contributed by atoms with van der Waals surface area (Å²) in [7, 11) is 0. The number of aliphatic hydroxyl groups excluding tert-OH is 1. The molecule has 0 saturated heterocycles. The largest absolute Gasteiger partial charge is 0.480 e. The first-order valence-electron chi connectivity index (χ1n) is 10.2. The van der Waals surface area contributed by atoms with E-state index in [-0.39, 0.29) is 18.6 Å². The highest BCUT2D eigenvalue weighted by atomic mass is 32.1. The van der Waals surface area contributed by atoms with Gasteiger partial charge in [-0.2, -0.15) is 12.6 Å². The molecular formula is C19H28N8O6S. The summed E-state index contributed by atoms with van der Waals surface area (Å²) in [6, 6.07) is -4.93. The number of carboxylic acids is 1. The molecule has 2 aromatic rings. The first-order valence-corrected chi connectivity index (χ1v) is 10.9. The third kappa shape index (κ3) is 7.86. The van der Waals surface area contributed by atoms with Crippen molar-refractivity contribution in [3.8, 4) is 0 Å². The molecule has 34 heavy (non-hydrogen) atoms. The van der Waals surface area contributed by atoms with E-state index in [2.05, 4.69) is 48.5 Å². The quantitative estimate of drug-likeness (QED) is 0.129. The van der Waals surface area contributed by atoms with Crippen molar-refractivity contribution in [3.63, 3.8) is 0 Å². The van der Waals surface area contributed by atoms with Crippen LogP contribution in [-0.2, 0) is 32.0 Å². The average molecular weight is 497 g/mol. The fourth-order valence-electron chi connectivity index (χ4n) is 2.94. The van der Waals surface area contributed by atoms with Gasteiger partial charge < -0.3 is 41.9 Å². The lowest BCUT2D eigenvalue weighted by molar-refractivity contribution is -0.145. The molecule has 5 unspecified atom stereocenters. The highest BCUT2D eigenvalue weighted by Gasteiger charge is 2.31. The van der Waals surface area contributed by atoms with Crippen molar-refractivity contribution in [3.05, 3.63) is 36.4 Å². The molecule has 186 valence electrons. The van der Waals surface area contributed by atoms with Gasteiger partial charge in [0.1, 0.15) is 12.1 Å². The highest BCUT2D eigenvalue weighted by molar-refractivity contribution is 7.80. The number of hydrogen-bond donors (Lipinski definition) is 9. The van der Waals surface area contributed by atoms with Gasteiger partial charge in [0.2, 0.25) is 17.7 Å². The van der Waals surface area contributed by atoms with Crippen LogP contribution in [0.1, 0.15) is 18.3 Å². The summed E-state index contributed by atoms with van der Waals surface area (Å²) in [6.07, 6.45) is 4.64. The number of nitrogens with two attached hydrogens (primary N) is 1. The summed E-state index contributed by atoms with van der Waals surface area (Å²) in [4.78, 5) is 62.7. The first-order chi connectivity index (χ1) is 16.1. The molecule has 15 heteroatoms. The van der Waals surface area contributed by atoms with Crippen molar-refractivity contribution in [2.45, 2.75) is 50.0 Å². The van der Waals surface area contributed by atoms with Crippen molar-refractivity contribution in [1.82, 2.24) is 35.9 Å². The topological polar surface area (TPSA) is 228 Å². The summed E-state index contributed by atoms with van der Waals surface area (Å²) in [5.74, 6) is -3.81. The monoisotopic (exact) mass is 496 g/mol. The van der Waals surface area contributed by atoms with Crippen molar-refractivity contribution in [1.29, 1.82) is 0 Å². The van der Waals surface area contributed by atoms with Gasteiger partial charge in [-0.15, -0.1) is 0 Å². The zero-order chi connectivity index (χ0) is 25.3. The van der Waals surface area contributed by atoms with Gasteiger partial charge in [-0.25, -0.2) is 14.8 Å². The number of H-pyrrole nitrogens is 2. The van der Waals surface area contributed by atoms with Gasteiger partial charge in [-0.05, 0) is 6.92 Å². The Morgan fingerprint density at radius 3 is 1.97 bits per heavy atom. The minimum Gasteiger partial charge on any atom is -0.480 e. The lowest BCUT2D eigenvalue weighted by atomic mass is 10.1. The Morgan fingerprint density at radius 1 is 0.971 bits per heavy atom. The van der Waals surface area contributed by atoms with E-state index < -0.39 is 54.0 Å². The molecule has 0 radical (unpaired) electrons. The van der Waals surface area contributed by atoms with Crippen molar-refractivity contribution < 1.29 is 29.4 Å². The Morgan fingerprint density at radius 2 is 1.50 bits per heavy atom. The van der Waals surface area contributed by atoms with E-state index in [1.54, 1.807) is 0 Å². The normalized spacial score (nSPS) is 15.4. The molecule has 0 aliphatic heterocycles. The standard InChI is InChI=1S/C19H28N8O6S/c1-9(28)15(19(32)33)27-18(31)14(6-34)26-17(30)13(3-11-5-22-8-24-11)25-16(29)12(20)2-10-4-21-7-23-10/h4-5,7-9,12-15,28,34H,2-3,6,20H2,1H3,(H,21,23)(H,22,24)(H,25,29)(H,26,30)(H,27,31)(H,32,33). The fraction of sp³-hybridized carbons (Fsp3) is 0.474. The highest BCUT2D eigenvalue weighted by Crippen LogP contribution is 2.04. The number of aliphatic hydroxyl groups is 1. The molecule has 0 aliphatic carbocycles. The number of carbonyl (C=O) groups is 4. The minimum absolute atomic E-state index is 0.0146. The van der Waals surface area contributed by atoms with Crippen molar-refractivity contribution in [2.75, 3.05) is 5.75 Å². The van der Waals surface area contributed by atoms with E-state index in [1.165, 1.54) is 32.0 Å². The van der Waals surface area contributed by atoms with Gasteiger partial charge in [0.15, 0.2) is 6.04 Å². The van der Waals surface area contributed by atoms with Gasteiger partial charge in [-0.1, -0.05) is 0 Å². The van der Waals surface area contributed by atoms with Gasteiger partial charge in [0, 0.05) is 42.4 Å². The fourth-order valence-corrected chi connectivity index (χ4v) is 3.20. The number of nitrogens with one attached hydrogen (secondary N) is 5. The minimum atomic E-state index is -1.58. The van der Waals surface area contributed by atoms with Crippen LogP contribution in [0.3, 0.4) is 0 Å². The maximum absolute atomic E-state index is 13.0.